The molecule has 208 valence electrons. The third-order valence-electron chi connectivity index (χ3n) is 8.97. The number of rotatable bonds is 4. The van der Waals surface area contributed by atoms with E-state index in [9.17, 15) is 27.2 Å². The van der Waals surface area contributed by atoms with Crippen LogP contribution < -0.4 is 5.32 Å². The Morgan fingerprint density at radius 3 is 2.56 bits per heavy atom. The molecule has 1 N–H and O–H groups in total. The van der Waals surface area contributed by atoms with Crippen LogP contribution in [0.2, 0.25) is 0 Å². The smallest absolute Gasteiger partial charge is 0.350 e. The summed E-state index contributed by atoms with van der Waals surface area (Å²) in [5.41, 5.74) is 0.307. The zero-order valence-electron chi connectivity index (χ0n) is 22.3. The topological polar surface area (TPSA) is 52.7 Å². The van der Waals surface area contributed by atoms with Crippen molar-refractivity contribution in [1.29, 1.82) is 0 Å². The third-order valence-corrected chi connectivity index (χ3v) is 8.97. The first-order valence-electron chi connectivity index (χ1n) is 13.3. The first-order valence-corrected chi connectivity index (χ1v) is 13.3. The number of carbonyl (C=O) groups is 2. The molecular weight excluding hydrogens is 510 g/mol. The lowest BCUT2D eigenvalue weighted by Crippen LogP contribution is -2.54. The molecule has 2 fully saturated rings. The Hall–Kier alpha value is -3.20. The quantitative estimate of drug-likeness (QED) is 0.543. The van der Waals surface area contributed by atoms with Crippen LogP contribution in [0.3, 0.4) is 0 Å². The van der Waals surface area contributed by atoms with Crippen molar-refractivity contribution in [2.75, 3.05) is 19.6 Å². The van der Waals surface area contributed by atoms with Crippen molar-refractivity contribution in [1.82, 2.24) is 15.1 Å². The highest BCUT2D eigenvalue weighted by molar-refractivity contribution is 5.91. The number of benzene rings is 2. The first kappa shape index (κ1) is 27.4. The lowest BCUT2D eigenvalue weighted by atomic mass is 9.68. The monoisotopic (exact) mass is 543 g/mol. The van der Waals surface area contributed by atoms with Crippen LogP contribution in [0.15, 0.2) is 48.5 Å². The summed E-state index contributed by atoms with van der Waals surface area (Å²) >= 11 is 0. The lowest BCUT2D eigenvalue weighted by molar-refractivity contribution is -0.142. The van der Waals surface area contributed by atoms with Crippen LogP contribution >= 0.6 is 0 Å². The molecular formula is C30H33F4N3O2. The summed E-state index contributed by atoms with van der Waals surface area (Å²) in [6.07, 6.45) is 1.16. The van der Waals surface area contributed by atoms with Crippen molar-refractivity contribution in [3.05, 3.63) is 76.6 Å². The van der Waals surface area contributed by atoms with Gasteiger partial charge in [-0.15, -0.1) is 0 Å². The second-order valence-electron chi connectivity index (χ2n) is 11.4. The van der Waals surface area contributed by atoms with Gasteiger partial charge in [-0.25, -0.2) is 4.39 Å². The number of allylic oxidation sites excluding steroid dienone is 1. The van der Waals surface area contributed by atoms with Gasteiger partial charge in [-0.05, 0) is 67.1 Å². The number of nitrogens with zero attached hydrogens (tertiary/aromatic N) is 2. The highest BCUT2D eigenvalue weighted by Gasteiger charge is 2.52. The van der Waals surface area contributed by atoms with Gasteiger partial charge in [0.15, 0.2) is 0 Å². The van der Waals surface area contributed by atoms with E-state index in [0.29, 0.717) is 24.9 Å². The molecule has 1 spiro atoms. The molecule has 0 radical (unpaired) electrons. The highest BCUT2D eigenvalue weighted by atomic mass is 19.4. The van der Waals surface area contributed by atoms with Crippen LogP contribution in [0.1, 0.15) is 55.9 Å². The van der Waals surface area contributed by atoms with E-state index in [1.54, 1.807) is 11.8 Å². The van der Waals surface area contributed by atoms with Gasteiger partial charge in [0, 0.05) is 38.0 Å². The molecule has 0 saturated carbocycles. The SMILES string of the molecule is CC(=O)N1CC(N2CC[C@@]3(C=Cc4ccccc43)[C@@H](C)C2)CC1(C)C(=O)NCc1cc(F)cc(C(F)(F)F)c1. The summed E-state index contributed by atoms with van der Waals surface area (Å²) in [5.74, 6) is -1.40. The first-order chi connectivity index (χ1) is 18.3. The van der Waals surface area contributed by atoms with Gasteiger partial charge >= 0.3 is 6.18 Å². The molecule has 39 heavy (non-hydrogen) atoms. The molecule has 0 aromatic heterocycles. The molecule has 2 aliphatic heterocycles. The number of alkyl halides is 3. The van der Waals surface area contributed by atoms with E-state index in [-0.39, 0.29) is 29.5 Å². The fourth-order valence-corrected chi connectivity index (χ4v) is 6.83. The van der Waals surface area contributed by atoms with E-state index < -0.39 is 29.0 Å². The van der Waals surface area contributed by atoms with E-state index in [2.05, 4.69) is 47.5 Å². The number of amides is 2. The largest absolute Gasteiger partial charge is 0.416 e. The molecule has 5 nitrogen and oxygen atoms in total. The van der Waals surface area contributed by atoms with E-state index in [0.717, 1.165) is 31.6 Å². The van der Waals surface area contributed by atoms with Gasteiger partial charge in [-0.3, -0.25) is 14.5 Å². The highest BCUT2D eigenvalue weighted by Crippen LogP contribution is 2.48. The molecule has 2 saturated heterocycles. The average molecular weight is 544 g/mol. The molecule has 4 atom stereocenters. The molecule has 1 aliphatic carbocycles. The average Bonchev–Trinajstić information content (AvgIpc) is 3.43. The fraction of sp³-hybridized carbons (Fsp3) is 0.467. The predicted molar refractivity (Wildman–Crippen MR) is 140 cm³/mol. The number of likely N-dealkylation sites (tertiary alicyclic amines) is 2. The second kappa shape index (κ2) is 9.77. The van der Waals surface area contributed by atoms with Crippen molar-refractivity contribution >= 4 is 17.9 Å². The summed E-state index contributed by atoms with van der Waals surface area (Å²) in [6, 6.07) is 10.7. The molecule has 5 rings (SSSR count). The molecule has 2 aromatic carbocycles. The molecule has 2 aromatic rings. The van der Waals surface area contributed by atoms with E-state index >= 15 is 0 Å². The van der Waals surface area contributed by atoms with Crippen molar-refractivity contribution in [3.8, 4) is 0 Å². The molecule has 3 aliphatic rings. The molecule has 2 heterocycles. The molecule has 2 amide bonds. The summed E-state index contributed by atoms with van der Waals surface area (Å²) in [7, 11) is 0. The van der Waals surface area contributed by atoms with Crippen LogP contribution in [-0.4, -0.2) is 52.8 Å². The van der Waals surface area contributed by atoms with Crippen LogP contribution in [0, 0.1) is 11.7 Å². The van der Waals surface area contributed by atoms with Gasteiger partial charge in [0.1, 0.15) is 11.4 Å². The number of halogens is 4. The van der Waals surface area contributed by atoms with Crippen molar-refractivity contribution in [2.24, 2.45) is 5.92 Å². The van der Waals surface area contributed by atoms with Gasteiger partial charge in [-0.2, -0.15) is 13.2 Å². The minimum absolute atomic E-state index is 0.00301. The summed E-state index contributed by atoms with van der Waals surface area (Å²) < 4.78 is 53.1. The lowest BCUT2D eigenvalue weighted by Gasteiger charge is -2.46. The fourth-order valence-electron chi connectivity index (χ4n) is 6.83. The zero-order chi connectivity index (χ0) is 28.2. The maximum atomic E-state index is 13.8. The minimum Gasteiger partial charge on any atom is -0.350 e. The van der Waals surface area contributed by atoms with Gasteiger partial charge in [0.25, 0.3) is 0 Å². The van der Waals surface area contributed by atoms with Crippen LogP contribution in [0.5, 0.6) is 0 Å². The summed E-state index contributed by atoms with van der Waals surface area (Å²) in [5, 5.41) is 2.66. The number of hydrogen-bond acceptors (Lipinski definition) is 3. The van der Waals surface area contributed by atoms with Gasteiger partial charge in [-0.1, -0.05) is 43.3 Å². The Balaban J connectivity index is 1.29. The Bertz CT molecular complexity index is 1330. The Morgan fingerprint density at radius 1 is 1.13 bits per heavy atom. The Kier molecular flexibility index (Phi) is 6.85. The maximum absolute atomic E-state index is 13.8. The van der Waals surface area contributed by atoms with Crippen molar-refractivity contribution in [3.63, 3.8) is 0 Å². The van der Waals surface area contributed by atoms with E-state index in [1.165, 1.54) is 18.1 Å². The summed E-state index contributed by atoms with van der Waals surface area (Å²) in [6.45, 7) is 7.11. The van der Waals surface area contributed by atoms with Crippen LogP contribution in [-0.2, 0) is 27.7 Å². The molecule has 0 bridgehead atoms. The number of piperidine rings is 1. The molecule has 2 unspecified atom stereocenters. The third kappa shape index (κ3) is 4.86. The Morgan fingerprint density at radius 2 is 1.87 bits per heavy atom. The van der Waals surface area contributed by atoms with Crippen LogP contribution in [0.25, 0.3) is 6.08 Å². The second-order valence-corrected chi connectivity index (χ2v) is 11.4. The van der Waals surface area contributed by atoms with Crippen molar-refractivity contribution < 1.29 is 27.2 Å². The van der Waals surface area contributed by atoms with Gasteiger partial charge < -0.3 is 10.2 Å². The van der Waals surface area contributed by atoms with Gasteiger partial charge in [0.05, 0.1) is 5.56 Å². The molecule has 9 heteroatoms. The Labute approximate surface area is 225 Å². The van der Waals surface area contributed by atoms with Gasteiger partial charge in [0.2, 0.25) is 11.8 Å². The number of hydrogen-bond donors (Lipinski definition) is 1. The standard InChI is InChI=1S/C30H33F4N3O2/c1-19-17-36(11-10-29(19)9-8-22-6-4-5-7-26(22)29)25-15-28(3,37(18-25)20(2)38)27(39)35-16-21-12-23(30(32,33)34)14-24(31)13-21/h4-9,12-14,19,25H,10-11,15-18H2,1-3H3,(H,35,39)/t19-,25?,28?,29-/m0/s1. The number of nitrogens with one attached hydrogen (secondary N) is 1. The number of carbonyl (C=O) groups excluding carboxylic acids is 2. The maximum Gasteiger partial charge on any atom is 0.416 e. The minimum atomic E-state index is -4.70. The predicted octanol–water partition coefficient (Wildman–Crippen LogP) is 5.15. The zero-order valence-corrected chi connectivity index (χ0v) is 22.3. The summed E-state index contributed by atoms with van der Waals surface area (Å²) in [4.78, 5) is 29.9. The van der Waals surface area contributed by atoms with E-state index in [1.807, 2.05) is 6.07 Å². The normalized spacial score (nSPS) is 28.6. The number of fused-ring (bicyclic) bond motifs is 2. The van der Waals surface area contributed by atoms with Crippen LogP contribution in [0.4, 0.5) is 17.6 Å². The van der Waals surface area contributed by atoms with Crippen molar-refractivity contribution in [2.45, 2.75) is 63.3 Å². The van der Waals surface area contributed by atoms with E-state index in [4.69, 9.17) is 0 Å².